The van der Waals surface area contributed by atoms with Crippen molar-refractivity contribution in [3.05, 3.63) is 29.8 Å². The fourth-order valence-corrected chi connectivity index (χ4v) is 3.41. The second-order valence-electron chi connectivity index (χ2n) is 8.83. The van der Waals surface area contributed by atoms with Crippen molar-refractivity contribution in [2.24, 2.45) is 4.99 Å². The maximum absolute atomic E-state index is 12.1. The number of nitrogens with zero attached hydrogens (tertiary/aromatic N) is 1. The summed E-state index contributed by atoms with van der Waals surface area (Å²) in [5, 5.41) is 12.1. The van der Waals surface area contributed by atoms with Crippen LogP contribution < -0.4 is 21.3 Å². The minimum Gasteiger partial charge on any atom is -0.444 e. The van der Waals surface area contributed by atoms with Gasteiger partial charge in [-0.1, -0.05) is 31.4 Å². The van der Waals surface area contributed by atoms with Crippen LogP contribution in [0.3, 0.4) is 0 Å². The summed E-state index contributed by atoms with van der Waals surface area (Å²) in [5.41, 5.74) is 1.28. The molecule has 2 rings (SSSR count). The summed E-state index contributed by atoms with van der Waals surface area (Å²) in [7, 11) is 1.69. The Labute approximate surface area is 208 Å². The van der Waals surface area contributed by atoms with E-state index in [1.165, 1.54) is 19.3 Å². The van der Waals surface area contributed by atoms with Crippen LogP contribution in [0.25, 0.3) is 0 Å². The summed E-state index contributed by atoms with van der Waals surface area (Å²) < 4.78 is 5.25. The van der Waals surface area contributed by atoms with Gasteiger partial charge in [0.15, 0.2) is 5.96 Å². The Kier molecular flexibility index (Phi) is 12.4. The molecule has 8 nitrogen and oxygen atoms in total. The molecule has 1 aliphatic carbocycles. The van der Waals surface area contributed by atoms with Gasteiger partial charge in [0.1, 0.15) is 5.60 Å². The van der Waals surface area contributed by atoms with E-state index in [4.69, 9.17) is 4.74 Å². The van der Waals surface area contributed by atoms with Crippen LogP contribution in [0.4, 0.5) is 10.5 Å². The summed E-state index contributed by atoms with van der Waals surface area (Å²) >= 11 is 0. The lowest BCUT2D eigenvalue weighted by Crippen LogP contribution is -2.46. The lowest BCUT2D eigenvalue weighted by molar-refractivity contribution is -0.120. The number of benzene rings is 1. The first-order chi connectivity index (χ1) is 14.7. The third-order valence-electron chi connectivity index (χ3n) is 4.92. The highest BCUT2D eigenvalue weighted by Gasteiger charge is 2.16. The van der Waals surface area contributed by atoms with Crippen LogP contribution in [-0.4, -0.2) is 49.7 Å². The normalized spacial score (nSPS) is 14.7. The molecule has 1 fully saturated rings. The van der Waals surface area contributed by atoms with Gasteiger partial charge in [0, 0.05) is 25.3 Å². The molecule has 1 aliphatic rings. The molecular formula is C23H38IN5O3. The zero-order valence-electron chi connectivity index (χ0n) is 19.6. The maximum atomic E-state index is 12.1. The predicted octanol–water partition coefficient (Wildman–Crippen LogP) is 3.81. The molecule has 180 valence electrons. The molecule has 0 saturated heterocycles. The van der Waals surface area contributed by atoms with Gasteiger partial charge in [-0.2, -0.15) is 0 Å². The molecule has 4 N–H and O–H groups in total. The number of nitrogens with one attached hydrogen (secondary N) is 4. The van der Waals surface area contributed by atoms with Crippen LogP contribution in [0.1, 0.15) is 58.4 Å². The average molecular weight is 559 g/mol. The highest BCUT2D eigenvalue weighted by atomic mass is 127. The fourth-order valence-electron chi connectivity index (χ4n) is 3.41. The Bertz CT molecular complexity index is 741. The monoisotopic (exact) mass is 559 g/mol. The molecule has 1 saturated carbocycles. The maximum Gasteiger partial charge on any atom is 0.412 e. The van der Waals surface area contributed by atoms with Crippen LogP contribution in [0.15, 0.2) is 29.3 Å². The lowest BCUT2D eigenvalue weighted by atomic mass is 9.95. The van der Waals surface area contributed by atoms with Crippen molar-refractivity contribution < 1.29 is 14.3 Å². The molecule has 0 aromatic heterocycles. The van der Waals surface area contributed by atoms with E-state index in [0.29, 0.717) is 24.2 Å². The molecule has 2 amide bonds. The Balaban J connectivity index is 0.00000512. The molecule has 0 unspecified atom stereocenters. The molecule has 0 bridgehead atoms. The predicted molar refractivity (Wildman–Crippen MR) is 140 cm³/mol. The highest BCUT2D eigenvalue weighted by molar-refractivity contribution is 14.0. The summed E-state index contributed by atoms with van der Waals surface area (Å²) in [5.74, 6) is 0.602. The first kappa shape index (κ1) is 28.0. The van der Waals surface area contributed by atoms with E-state index in [2.05, 4.69) is 26.3 Å². The topological polar surface area (TPSA) is 104 Å². The molecule has 0 radical (unpaired) electrons. The zero-order valence-corrected chi connectivity index (χ0v) is 22.0. The number of hydrogen-bond acceptors (Lipinski definition) is 4. The first-order valence-corrected chi connectivity index (χ1v) is 11.1. The number of carbonyl (C=O) groups is 2. The lowest BCUT2D eigenvalue weighted by Gasteiger charge is -2.23. The van der Waals surface area contributed by atoms with Crippen molar-refractivity contribution in [2.45, 2.75) is 70.9 Å². The molecule has 9 heteroatoms. The average Bonchev–Trinajstić information content (AvgIpc) is 2.71. The Hall–Kier alpha value is -2.04. The Morgan fingerprint density at radius 2 is 1.72 bits per heavy atom. The minimum atomic E-state index is -0.529. The number of amides is 2. The van der Waals surface area contributed by atoms with E-state index in [0.717, 1.165) is 24.8 Å². The van der Waals surface area contributed by atoms with Crippen LogP contribution >= 0.6 is 24.0 Å². The standard InChI is InChI=1S/C23H37N5O3.HI/c1-23(2,3)31-22(30)28-19-12-10-17(11-13-19)14-15-25-21(24-4)26-16-20(29)27-18-8-6-5-7-9-18;/h10-13,18H,5-9,14-16H2,1-4H3,(H,27,29)(H,28,30)(H2,24,25,26);1H. The number of guanidine groups is 1. The van der Waals surface area contributed by atoms with Gasteiger partial charge in [0.05, 0.1) is 6.54 Å². The van der Waals surface area contributed by atoms with Gasteiger partial charge in [-0.3, -0.25) is 15.1 Å². The zero-order chi connectivity index (χ0) is 22.7. The number of rotatable bonds is 7. The Morgan fingerprint density at radius 1 is 1.06 bits per heavy atom. The van der Waals surface area contributed by atoms with Gasteiger partial charge in [0.25, 0.3) is 0 Å². The van der Waals surface area contributed by atoms with Crippen molar-refractivity contribution in [2.75, 3.05) is 25.5 Å². The molecule has 0 atom stereocenters. The number of halogens is 1. The van der Waals surface area contributed by atoms with Crippen LogP contribution in [0.2, 0.25) is 0 Å². The molecule has 0 heterocycles. The fraction of sp³-hybridized carbons (Fsp3) is 0.609. The van der Waals surface area contributed by atoms with Gasteiger partial charge >= 0.3 is 6.09 Å². The second kappa shape index (κ2) is 14.2. The van der Waals surface area contributed by atoms with Gasteiger partial charge in [-0.05, 0) is 57.7 Å². The largest absolute Gasteiger partial charge is 0.444 e. The molecule has 1 aromatic carbocycles. The van der Waals surface area contributed by atoms with Crippen molar-refractivity contribution in [3.63, 3.8) is 0 Å². The number of hydrogen-bond donors (Lipinski definition) is 4. The van der Waals surface area contributed by atoms with Crippen LogP contribution in [0.5, 0.6) is 0 Å². The van der Waals surface area contributed by atoms with E-state index in [-0.39, 0.29) is 36.4 Å². The molecule has 0 spiro atoms. The van der Waals surface area contributed by atoms with E-state index in [9.17, 15) is 9.59 Å². The summed E-state index contributed by atoms with van der Waals surface area (Å²) in [6, 6.07) is 7.93. The van der Waals surface area contributed by atoms with Gasteiger partial charge < -0.3 is 20.7 Å². The third-order valence-corrected chi connectivity index (χ3v) is 4.92. The smallest absolute Gasteiger partial charge is 0.412 e. The Morgan fingerprint density at radius 3 is 2.31 bits per heavy atom. The number of ether oxygens (including phenoxy) is 1. The molecule has 1 aromatic rings. The minimum absolute atomic E-state index is 0. The quantitative estimate of drug-likeness (QED) is 0.231. The van der Waals surface area contributed by atoms with Crippen LogP contribution in [0, 0.1) is 0 Å². The van der Waals surface area contributed by atoms with Gasteiger partial charge in [-0.25, -0.2) is 4.79 Å². The van der Waals surface area contributed by atoms with Crippen molar-refractivity contribution in [1.82, 2.24) is 16.0 Å². The number of carbonyl (C=O) groups excluding carboxylic acids is 2. The van der Waals surface area contributed by atoms with Crippen LogP contribution in [-0.2, 0) is 16.0 Å². The van der Waals surface area contributed by atoms with Crippen molar-refractivity contribution in [1.29, 1.82) is 0 Å². The van der Waals surface area contributed by atoms with E-state index < -0.39 is 11.7 Å². The number of aliphatic imine (C=N–C) groups is 1. The van der Waals surface area contributed by atoms with E-state index in [1.54, 1.807) is 7.05 Å². The van der Waals surface area contributed by atoms with Crippen molar-refractivity contribution in [3.8, 4) is 0 Å². The van der Waals surface area contributed by atoms with E-state index >= 15 is 0 Å². The van der Waals surface area contributed by atoms with E-state index in [1.807, 2.05) is 45.0 Å². The molecular weight excluding hydrogens is 521 g/mol. The van der Waals surface area contributed by atoms with Crippen molar-refractivity contribution >= 4 is 47.6 Å². The summed E-state index contributed by atoms with van der Waals surface area (Å²) in [6.07, 6.45) is 6.12. The van der Waals surface area contributed by atoms with Gasteiger partial charge in [-0.15, -0.1) is 24.0 Å². The first-order valence-electron chi connectivity index (χ1n) is 11.1. The van der Waals surface area contributed by atoms with Gasteiger partial charge in [0.2, 0.25) is 5.91 Å². The molecule has 32 heavy (non-hydrogen) atoms. The number of anilines is 1. The summed E-state index contributed by atoms with van der Waals surface area (Å²) in [4.78, 5) is 28.1. The molecule has 0 aliphatic heterocycles. The summed E-state index contributed by atoms with van der Waals surface area (Å²) in [6.45, 7) is 6.36. The third kappa shape index (κ3) is 11.5. The highest BCUT2D eigenvalue weighted by Crippen LogP contribution is 2.17. The second-order valence-corrected chi connectivity index (χ2v) is 8.83. The SMILES string of the molecule is CN=C(NCCc1ccc(NC(=O)OC(C)(C)C)cc1)NCC(=O)NC1CCCCC1.I.